The number of fused-ring (bicyclic) bond motifs is 3. The predicted molar refractivity (Wildman–Crippen MR) is 64.6 cm³/mol. The van der Waals surface area contributed by atoms with E-state index in [1.54, 1.807) is 13.3 Å². The smallest absolute Gasteiger partial charge is 0.170 e. The molecule has 2 aromatic heterocycles. The first-order valence-corrected chi connectivity index (χ1v) is 5.23. The topological polar surface area (TPSA) is 43.6 Å². The number of pyridine rings is 1. The van der Waals surface area contributed by atoms with Crippen molar-refractivity contribution in [2.24, 2.45) is 0 Å². The summed E-state index contributed by atoms with van der Waals surface area (Å²) in [4.78, 5) is 15.0. The van der Waals surface area contributed by atoms with E-state index >= 15 is 0 Å². The van der Waals surface area contributed by atoms with Crippen molar-refractivity contribution in [3.05, 3.63) is 42.4 Å². The maximum absolute atomic E-state index is 10.8. The van der Waals surface area contributed by atoms with Gasteiger partial charge in [0.05, 0.1) is 12.5 Å². The van der Waals surface area contributed by atoms with Crippen molar-refractivity contribution in [3.63, 3.8) is 0 Å². The summed E-state index contributed by atoms with van der Waals surface area (Å²) in [5, 5.41) is 1.96. The number of benzene rings is 1. The van der Waals surface area contributed by atoms with Gasteiger partial charge in [-0.1, -0.05) is 12.1 Å². The molecule has 1 aromatic carbocycles. The average molecular weight is 226 g/mol. The molecule has 0 radical (unpaired) electrons. The van der Waals surface area contributed by atoms with Gasteiger partial charge in [0.1, 0.15) is 17.1 Å². The van der Waals surface area contributed by atoms with Crippen molar-refractivity contribution in [2.45, 2.75) is 0 Å². The number of imidazole rings is 1. The Bertz CT molecular complexity index is 716. The fourth-order valence-electron chi connectivity index (χ4n) is 2.02. The molecular weight excluding hydrogens is 216 g/mol. The fourth-order valence-corrected chi connectivity index (χ4v) is 2.02. The molecule has 0 atom stereocenters. The molecule has 3 rings (SSSR count). The van der Waals surface area contributed by atoms with Gasteiger partial charge in [0, 0.05) is 12.4 Å². The second-order valence-corrected chi connectivity index (χ2v) is 3.75. The Morgan fingerprint density at radius 1 is 1.35 bits per heavy atom. The SMILES string of the molecule is COc1cccc2ccn3cc(C=O)nc3c12. The summed E-state index contributed by atoms with van der Waals surface area (Å²) in [6.45, 7) is 0. The standard InChI is InChI=1S/C13H10N2O2/c1-17-11-4-2-3-9-5-6-15-7-10(8-16)14-13(15)12(9)11/h2-8H,1H3. The molecule has 0 saturated heterocycles. The number of ether oxygens (including phenoxy) is 1. The van der Waals surface area contributed by atoms with E-state index in [0.29, 0.717) is 5.69 Å². The Morgan fingerprint density at radius 2 is 2.24 bits per heavy atom. The lowest BCUT2D eigenvalue weighted by atomic mass is 10.1. The molecule has 0 aliphatic carbocycles. The zero-order chi connectivity index (χ0) is 11.8. The third-order valence-electron chi connectivity index (χ3n) is 2.79. The van der Waals surface area contributed by atoms with Crippen LogP contribution in [0.3, 0.4) is 0 Å². The molecular formula is C13H10N2O2. The number of rotatable bonds is 2. The van der Waals surface area contributed by atoms with E-state index in [1.165, 1.54) is 0 Å². The molecule has 0 bridgehead atoms. The van der Waals surface area contributed by atoms with Crippen molar-refractivity contribution in [1.29, 1.82) is 0 Å². The van der Waals surface area contributed by atoms with Crippen LogP contribution in [0.2, 0.25) is 0 Å². The van der Waals surface area contributed by atoms with E-state index in [4.69, 9.17) is 4.74 Å². The Labute approximate surface area is 97.5 Å². The summed E-state index contributed by atoms with van der Waals surface area (Å²) in [6.07, 6.45) is 4.33. The number of carbonyl (C=O) groups excluding carboxylic acids is 1. The third-order valence-corrected chi connectivity index (χ3v) is 2.79. The van der Waals surface area contributed by atoms with Gasteiger partial charge in [0.15, 0.2) is 6.29 Å². The van der Waals surface area contributed by atoms with E-state index in [-0.39, 0.29) is 0 Å². The first kappa shape index (κ1) is 9.84. The second-order valence-electron chi connectivity index (χ2n) is 3.75. The lowest BCUT2D eigenvalue weighted by molar-refractivity contribution is 0.111. The average Bonchev–Trinajstić information content (AvgIpc) is 2.81. The number of hydrogen-bond acceptors (Lipinski definition) is 3. The lowest BCUT2D eigenvalue weighted by Crippen LogP contribution is -1.89. The molecule has 0 N–H and O–H groups in total. The first-order chi connectivity index (χ1) is 8.33. The Hall–Kier alpha value is -2.36. The molecule has 84 valence electrons. The molecule has 0 aliphatic rings. The van der Waals surface area contributed by atoms with Crippen molar-refractivity contribution in [2.75, 3.05) is 7.11 Å². The Morgan fingerprint density at radius 3 is 3.00 bits per heavy atom. The summed E-state index contributed by atoms with van der Waals surface area (Å²) in [6, 6.07) is 7.78. The van der Waals surface area contributed by atoms with Gasteiger partial charge >= 0.3 is 0 Å². The molecule has 17 heavy (non-hydrogen) atoms. The molecule has 4 heteroatoms. The van der Waals surface area contributed by atoms with Gasteiger partial charge in [-0.3, -0.25) is 4.79 Å². The number of methoxy groups -OCH3 is 1. The third kappa shape index (κ3) is 1.38. The van der Waals surface area contributed by atoms with Crippen LogP contribution in [0.5, 0.6) is 5.75 Å². The van der Waals surface area contributed by atoms with E-state index in [2.05, 4.69) is 4.98 Å². The highest BCUT2D eigenvalue weighted by molar-refractivity contribution is 5.99. The van der Waals surface area contributed by atoms with Crippen LogP contribution in [0.25, 0.3) is 16.4 Å². The van der Waals surface area contributed by atoms with Gasteiger partial charge in [0.25, 0.3) is 0 Å². The molecule has 0 unspecified atom stereocenters. The summed E-state index contributed by atoms with van der Waals surface area (Å²) in [7, 11) is 1.63. The summed E-state index contributed by atoms with van der Waals surface area (Å²) in [5.41, 5.74) is 1.16. The minimum absolute atomic E-state index is 0.420. The number of aldehydes is 1. The van der Waals surface area contributed by atoms with Crippen LogP contribution in [0.1, 0.15) is 10.5 Å². The number of nitrogens with zero attached hydrogens (tertiary/aromatic N) is 2. The summed E-state index contributed by atoms with van der Waals surface area (Å²) < 4.78 is 7.16. The van der Waals surface area contributed by atoms with Gasteiger partial charge in [0.2, 0.25) is 0 Å². The van der Waals surface area contributed by atoms with Crippen LogP contribution in [-0.2, 0) is 0 Å². The van der Waals surface area contributed by atoms with Crippen molar-refractivity contribution in [3.8, 4) is 5.75 Å². The van der Waals surface area contributed by atoms with Gasteiger partial charge in [-0.05, 0) is 17.5 Å². The molecule has 3 aromatic rings. The van der Waals surface area contributed by atoms with E-state index in [9.17, 15) is 4.79 Å². The van der Waals surface area contributed by atoms with Crippen LogP contribution >= 0.6 is 0 Å². The zero-order valence-corrected chi connectivity index (χ0v) is 9.25. The van der Waals surface area contributed by atoms with Crippen LogP contribution in [0.15, 0.2) is 36.7 Å². The van der Waals surface area contributed by atoms with E-state index in [0.717, 1.165) is 28.5 Å². The first-order valence-electron chi connectivity index (χ1n) is 5.23. The fraction of sp³-hybridized carbons (Fsp3) is 0.0769. The lowest BCUT2D eigenvalue weighted by Gasteiger charge is -2.06. The van der Waals surface area contributed by atoms with E-state index in [1.807, 2.05) is 34.9 Å². The summed E-state index contributed by atoms with van der Waals surface area (Å²) >= 11 is 0. The minimum atomic E-state index is 0.420. The molecule has 0 aliphatic heterocycles. The van der Waals surface area contributed by atoms with Crippen LogP contribution in [-0.4, -0.2) is 22.8 Å². The highest BCUT2D eigenvalue weighted by Gasteiger charge is 2.09. The maximum atomic E-state index is 10.8. The van der Waals surface area contributed by atoms with Gasteiger partial charge in [-0.2, -0.15) is 0 Å². The number of hydrogen-bond donors (Lipinski definition) is 0. The quantitative estimate of drug-likeness (QED) is 0.630. The Kier molecular flexibility index (Phi) is 2.08. The highest BCUT2D eigenvalue weighted by Crippen LogP contribution is 2.28. The van der Waals surface area contributed by atoms with Crippen LogP contribution < -0.4 is 4.74 Å². The zero-order valence-electron chi connectivity index (χ0n) is 9.25. The number of aromatic nitrogens is 2. The van der Waals surface area contributed by atoms with Gasteiger partial charge in [-0.25, -0.2) is 4.98 Å². The molecule has 4 nitrogen and oxygen atoms in total. The van der Waals surface area contributed by atoms with Crippen molar-refractivity contribution >= 4 is 22.7 Å². The largest absolute Gasteiger partial charge is 0.496 e. The number of carbonyl (C=O) groups is 1. The molecule has 0 spiro atoms. The normalized spacial score (nSPS) is 10.9. The van der Waals surface area contributed by atoms with Crippen molar-refractivity contribution < 1.29 is 9.53 Å². The Balaban J connectivity index is 2.51. The predicted octanol–water partition coefficient (Wildman–Crippen LogP) is 2.31. The monoisotopic (exact) mass is 226 g/mol. The van der Waals surface area contributed by atoms with E-state index < -0.39 is 0 Å². The van der Waals surface area contributed by atoms with Crippen LogP contribution in [0, 0.1) is 0 Å². The summed E-state index contributed by atoms with van der Waals surface area (Å²) in [5.74, 6) is 0.760. The second kappa shape index (κ2) is 3.59. The molecule has 2 heterocycles. The van der Waals surface area contributed by atoms with Gasteiger partial charge < -0.3 is 9.14 Å². The van der Waals surface area contributed by atoms with Gasteiger partial charge in [-0.15, -0.1) is 0 Å². The maximum Gasteiger partial charge on any atom is 0.170 e. The van der Waals surface area contributed by atoms with Crippen LogP contribution in [0.4, 0.5) is 0 Å². The molecule has 0 amide bonds. The molecule has 0 saturated carbocycles. The van der Waals surface area contributed by atoms with Crippen molar-refractivity contribution in [1.82, 2.24) is 9.38 Å². The highest BCUT2D eigenvalue weighted by atomic mass is 16.5. The minimum Gasteiger partial charge on any atom is -0.496 e. The molecule has 0 fully saturated rings.